The Hall–Kier alpha value is -2.64. The van der Waals surface area contributed by atoms with Crippen LogP contribution in [0.25, 0.3) is 0 Å². The quantitative estimate of drug-likeness (QED) is 0.725. The summed E-state index contributed by atoms with van der Waals surface area (Å²) in [6, 6.07) is 3.17. The molecule has 2 aromatic heterocycles. The Bertz CT molecular complexity index is 561. The molecule has 0 aliphatic rings. The molecule has 0 bridgehead atoms. The Balaban J connectivity index is 1.71. The number of carbonyl (C=O) groups is 2. The normalized spacial score (nSPS) is 10.2. The SMILES string of the molecule is Cc1nc(NC(=O)CCNC(=O)c2ccco2)n[nH]1. The number of aryl methyl sites for hydroxylation is 1. The average Bonchev–Trinajstić information content (AvgIpc) is 3.00. The summed E-state index contributed by atoms with van der Waals surface area (Å²) in [5.41, 5.74) is 0. The van der Waals surface area contributed by atoms with Gasteiger partial charge >= 0.3 is 0 Å². The lowest BCUT2D eigenvalue weighted by Crippen LogP contribution is -2.27. The third-order valence-electron chi connectivity index (χ3n) is 2.23. The van der Waals surface area contributed by atoms with Gasteiger partial charge in [0.05, 0.1) is 6.26 Å². The van der Waals surface area contributed by atoms with Crippen molar-refractivity contribution >= 4 is 17.8 Å². The van der Waals surface area contributed by atoms with Crippen molar-refractivity contribution in [2.45, 2.75) is 13.3 Å². The average molecular weight is 263 g/mol. The first kappa shape index (κ1) is 12.8. The number of carbonyl (C=O) groups excluding carboxylic acids is 2. The summed E-state index contributed by atoms with van der Waals surface area (Å²) in [5, 5.41) is 11.4. The van der Waals surface area contributed by atoms with Gasteiger partial charge in [0, 0.05) is 13.0 Å². The highest BCUT2D eigenvalue weighted by Crippen LogP contribution is 2.00. The van der Waals surface area contributed by atoms with Crippen LogP contribution in [0.1, 0.15) is 22.8 Å². The van der Waals surface area contributed by atoms with E-state index in [0.717, 1.165) is 0 Å². The molecule has 2 amide bonds. The highest BCUT2D eigenvalue weighted by atomic mass is 16.3. The van der Waals surface area contributed by atoms with Gasteiger partial charge in [0.1, 0.15) is 5.82 Å². The molecule has 3 N–H and O–H groups in total. The molecule has 0 unspecified atom stereocenters. The number of nitrogens with zero attached hydrogens (tertiary/aromatic N) is 2. The van der Waals surface area contributed by atoms with Crippen molar-refractivity contribution in [2.24, 2.45) is 0 Å². The van der Waals surface area contributed by atoms with Crippen LogP contribution in [0.4, 0.5) is 5.95 Å². The van der Waals surface area contributed by atoms with Gasteiger partial charge in [-0.25, -0.2) is 0 Å². The minimum atomic E-state index is -0.355. The smallest absolute Gasteiger partial charge is 0.286 e. The predicted molar refractivity (Wildman–Crippen MR) is 65.4 cm³/mol. The van der Waals surface area contributed by atoms with Crippen LogP contribution < -0.4 is 10.6 Å². The fourth-order valence-corrected chi connectivity index (χ4v) is 1.37. The summed E-state index contributed by atoms with van der Waals surface area (Å²) in [4.78, 5) is 26.9. The van der Waals surface area contributed by atoms with E-state index in [2.05, 4.69) is 25.8 Å². The molecule has 0 aliphatic heterocycles. The number of amides is 2. The van der Waals surface area contributed by atoms with Gasteiger partial charge in [0.15, 0.2) is 5.76 Å². The number of anilines is 1. The molecule has 0 fully saturated rings. The predicted octanol–water partition coefficient (Wildman–Crippen LogP) is 0.465. The molecular weight excluding hydrogens is 250 g/mol. The zero-order valence-electron chi connectivity index (χ0n) is 10.3. The zero-order valence-corrected chi connectivity index (χ0v) is 10.3. The first-order valence-electron chi connectivity index (χ1n) is 5.65. The molecule has 0 aliphatic carbocycles. The van der Waals surface area contributed by atoms with Crippen molar-refractivity contribution in [1.29, 1.82) is 0 Å². The highest BCUT2D eigenvalue weighted by molar-refractivity contribution is 5.92. The summed E-state index contributed by atoms with van der Waals surface area (Å²) in [6.45, 7) is 1.93. The molecule has 0 saturated carbocycles. The van der Waals surface area contributed by atoms with E-state index in [1.54, 1.807) is 19.1 Å². The molecule has 100 valence electrons. The Kier molecular flexibility index (Phi) is 3.91. The molecule has 2 heterocycles. The molecule has 8 nitrogen and oxygen atoms in total. The molecular formula is C11H13N5O3. The van der Waals surface area contributed by atoms with E-state index >= 15 is 0 Å². The van der Waals surface area contributed by atoms with Crippen molar-refractivity contribution in [3.63, 3.8) is 0 Å². The van der Waals surface area contributed by atoms with Gasteiger partial charge in [0.2, 0.25) is 11.9 Å². The minimum absolute atomic E-state index is 0.125. The van der Waals surface area contributed by atoms with Crippen molar-refractivity contribution < 1.29 is 14.0 Å². The van der Waals surface area contributed by atoms with Gasteiger partial charge in [-0.3, -0.25) is 20.0 Å². The minimum Gasteiger partial charge on any atom is -0.459 e. The Morgan fingerprint density at radius 3 is 2.95 bits per heavy atom. The molecule has 0 saturated heterocycles. The fraction of sp³-hybridized carbons (Fsp3) is 0.273. The summed E-state index contributed by atoms with van der Waals surface area (Å²) in [5.74, 6) is 0.413. The lowest BCUT2D eigenvalue weighted by molar-refractivity contribution is -0.116. The lowest BCUT2D eigenvalue weighted by Gasteiger charge is -2.02. The van der Waals surface area contributed by atoms with Gasteiger partial charge in [-0.1, -0.05) is 0 Å². The topological polar surface area (TPSA) is 113 Å². The molecule has 0 aromatic carbocycles. The standard InChI is InChI=1S/C11H13N5O3/c1-7-13-11(16-15-7)14-9(17)4-5-12-10(18)8-3-2-6-19-8/h2-3,6H,4-5H2,1H3,(H,12,18)(H2,13,14,15,16,17). The van der Waals surface area contributed by atoms with Gasteiger partial charge < -0.3 is 9.73 Å². The second kappa shape index (κ2) is 5.80. The first-order valence-corrected chi connectivity index (χ1v) is 5.65. The Morgan fingerprint density at radius 1 is 1.47 bits per heavy atom. The largest absolute Gasteiger partial charge is 0.459 e. The third kappa shape index (κ3) is 3.66. The van der Waals surface area contributed by atoms with Crippen LogP contribution in [0.15, 0.2) is 22.8 Å². The van der Waals surface area contributed by atoms with Crippen LogP contribution >= 0.6 is 0 Å². The van der Waals surface area contributed by atoms with Crippen molar-refractivity contribution in [3.05, 3.63) is 30.0 Å². The number of rotatable bonds is 5. The Labute approximate surface area is 108 Å². The van der Waals surface area contributed by atoms with E-state index in [1.807, 2.05) is 0 Å². The molecule has 0 atom stereocenters. The molecule has 2 rings (SSSR count). The maximum Gasteiger partial charge on any atom is 0.286 e. The monoisotopic (exact) mass is 263 g/mol. The van der Waals surface area contributed by atoms with Crippen LogP contribution in [0, 0.1) is 6.92 Å². The summed E-state index contributed by atoms with van der Waals surface area (Å²) < 4.78 is 4.91. The van der Waals surface area contributed by atoms with Crippen LogP contribution in [0.5, 0.6) is 0 Å². The number of hydrogen-bond acceptors (Lipinski definition) is 5. The van der Waals surface area contributed by atoms with Crippen molar-refractivity contribution in [1.82, 2.24) is 20.5 Å². The van der Waals surface area contributed by atoms with E-state index in [4.69, 9.17) is 4.42 Å². The van der Waals surface area contributed by atoms with E-state index in [0.29, 0.717) is 5.82 Å². The second-order valence-electron chi connectivity index (χ2n) is 3.78. The van der Waals surface area contributed by atoms with Gasteiger partial charge in [-0.05, 0) is 19.1 Å². The maximum absolute atomic E-state index is 11.5. The molecule has 0 radical (unpaired) electrons. The van der Waals surface area contributed by atoms with E-state index in [1.165, 1.54) is 6.26 Å². The molecule has 19 heavy (non-hydrogen) atoms. The van der Waals surface area contributed by atoms with Gasteiger partial charge in [-0.15, -0.1) is 5.10 Å². The molecule has 8 heteroatoms. The third-order valence-corrected chi connectivity index (χ3v) is 2.23. The number of aromatic amines is 1. The second-order valence-corrected chi connectivity index (χ2v) is 3.78. The fourth-order valence-electron chi connectivity index (χ4n) is 1.37. The molecule has 2 aromatic rings. The van der Waals surface area contributed by atoms with Crippen molar-refractivity contribution in [2.75, 3.05) is 11.9 Å². The number of nitrogens with one attached hydrogen (secondary N) is 3. The summed E-state index contributed by atoms with van der Waals surface area (Å²) in [6.07, 6.45) is 1.53. The zero-order chi connectivity index (χ0) is 13.7. The number of furan rings is 1. The number of hydrogen-bond donors (Lipinski definition) is 3. The van der Waals surface area contributed by atoms with Gasteiger partial charge in [0.25, 0.3) is 5.91 Å². The maximum atomic E-state index is 11.5. The van der Waals surface area contributed by atoms with Crippen LogP contribution in [-0.4, -0.2) is 33.5 Å². The van der Waals surface area contributed by atoms with Crippen LogP contribution in [0.3, 0.4) is 0 Å². The van der Waals surface area contributed by atoms with Gasteiger partial charge in [-0.2, -0.15) is 4.98 Å². The Morgan fingerprint density at radius 2 is 2.32 bits per heavy atom. The number of aromatic nitrogens is 3. The summed E-state index contributed by atoms with van der Waals surface area (Å²) >= 11 is 0. The van der Waals surface area contributed by atoms with Crippen LogP contribution in [0.2, 0.25) is 0 Å². The highest BCUT2D eigenvalue weighted by Gasteiger charge is 2.09. The first-order chi connectivity index (χ1) is 9.15. The van der Waals surface area contributed by atoms with Crippen LogP contribution in [-0.2, 0) is 4.79 Å². The van der Waals surface area contributed by atoms with Crippen molar-refractivity contribution in [3.8, 4) is 0 Å². The van der Waals surface area contributed by atoms with E-state index in [9.17, 15) is 9.59 Å². The van der Waals surface area contributed by atoms with E-state index < -0.39 is 0 Å². The summed E-state index contributed by atoms with van der Waals surface area (Å²) in [7, 11) is 0. The molecule has 0 spiro atoms. The van der Waals surface area contributed by atoms with E-state index in [-0.39, 0.29) is 36.5 Å². The lowest BCUT2D eigenvalue weighted by atomic mass is 10.3. The number of H-pyrrole nitrogens is 1.